The van der Waals surface area contributed by atoms with Crippen LogP contribution >= 0.6 is 0 Å². The lowest BCUT2D eigenvalue weighted by atomic mass is 10.1. The highest BCUT2D eigenvalue weighted by Crippen LogP contribution is 2.27. The molecule has 0 unspecified atom stereocenters. The largest absolute Gasteiger partial charge is 0.492 e. The second-order valence-corrected chi connectivity index (χ2v) is 5.38. The van der Waals surface area contributed by atoms with Gasteiger partial charge in [0.15, 0.2) is 0 Å². The summed E-state index contributed by atoms with van der Waals surface area (Å²) in [5, 5.41) is 0. The van der Waals surface area contributed by atoms with Gasteiger partial charge in [-0.3, -0.25) is 0 Å². The highest BCUT2D eigenvalue weighted by molar-refractivity contribution is 7.89. The van der Waals surface area contributed by atoms with Crippen LogP contribution in [0.15, 0.2) is 17.0 Å². The molecular formula is C11H17NO3S. The molecule has 0 aliphatic heterocycles. The Hall–Kier alpha value is -1.07. The van der Waals surface area contributed by atoms with Crippen molar-refractivity contribution < 1.29 is 13.2 Å². The number of hydrogen-bond acceptors (Lipinski definition) is 3. The van der Waals surface area contributed by atoms with Crippen LogP contribution in [0.25, 0.3) is 0 Å². The Morgan fingerprint density at radius 2 is 1.81 bits per heavy atom. The fourth-order valence-electron chi connectivity index (χ4n) is 1.35. The van der Waals surface area contributed by atoms with Crippen LogP contribution in [-0.4, -0.2) is 22.1 Å². The Bertz CT molecular complexity index is 480. The maximum Gasteiger partial charge on any atom is 0.244 e. The molecule has 0 saturated heterocycles. The van der Waals surface area contributed by atoms with Gasteiger partial charge in [-0.15, -0.1) is 0 Å². The molecule has 0 aliphatic rings. The van der Waals surface area contributed by atoms with E-state index in [2.05, 4.69) is 4.72 Å². The molecule has 1 N–H and O–H groups in total. The number of hydrogen-bond donors (Lipinski definition) is 1. The first-order valence-corrected chi connectivity index (χ1v) is 6.58. The van der Waals surface area contributed by atoms with E-state index in [0.29, 0.717) is 12.4 Å². The Labute approximate surface area is 96.7 Å². The summed E-state index contributed by atoms with van der Waals surface area (Å²) in [5.74, 6) is 0.403. The average molecular weight is 243 g/mol. The van der Waals surface area contributed by atoms with Gasteiger partial charge < -0.3 is 4.74 Å². The Morgan fingerprint density at radius 1 is 1.25 bits per heavy atom. The standard InChI is InChI=1S/C11H17NO3S/c1-5-15-10-6-8(2)9(3)7-11(10)16(13,14)12-4/h6-7,12H,5H2,1-4H3. The first-order chi connectivity index (χ1) is 7.42. The maximum atomic E-state index is 11.8. The van der Waals surface area contributed by atoms with E-state index in [9.17, 15) is 8.42 Å². The Morgan fingerprint density at radius 3 is 2.31 bits per heavy atom. The second-order valence-electron chi connectivity index (χ2n) is 3.52. The second kappa shape index (κ2) is 4.84. The number of ether oxygens (including phenoxy) is 1. The van der Waals surface area contributed by atoms with Crippen molar-refractivity contribution in [2.75, 3.05) is 13.7 Å². The smallest absolute Gasteiger partial charge is 0.244 e. The van der Waals surface area contributed by atoms with Crippen LogP contribution in [0.1, 0.15) is 18.1 Å². The Kier molecular flexibility index (Phi) is 3.93. The average Bonchev–Trinajstić information content (AvgIpc) is 2.23. The zero-order valence-electron chi connectivity index (χ0n) is 9.99. The van der Waals surface area contributed by atoms with Crippen molar-refractivity contribution in [3.63, 3.8) is 0 Å². The summed E-state index contributed by atoms with van der Waals surface area (Å²) in [5.41, 5.74) is 1.94. The third-order valence-electron chi connectivity index (χ3n) is 2.42. The number of benzene rings is 1. The van der Waals surface area contributed by atoms with Crippen molar-refractivity contribution in [3.8, 4) is 5.75 Å². The molecule has 0 bridgehead atoms. The molecule has 0 heterocycles. The number of nitrogens with one attached hydrogen (secondary N) is 1. The highest BCUT2D eigenvalue weighted by atomic mass is 32.2. The SMILES string of the molecule is CCOc1cc(C)c(C)cc1S(=O)(=O)NC. The van der Waals surface area contributed by atoms with Gasteiger partial charge in [0.2, 0.25) is 10.0 Å². The van der Waals surface area contributed by atoms with E-state index in [-0.39, 0.29) is 4.90 Å². The summed E-state index contributed by atoms with van der Waals surface area (Å²) in [7, 11) is -2.08. The van der Waals surface area contributed by atoms with E-state index < -0.39 is 10.0 Å². The van der Waals surface area contributed by atoms with Crippen LogP contribution in [-0.2, 0) is 10.0 Å². The van der Waals surface area contributed by atoms with Gasteiger partial charge in [-0.05, 0) is 51.1 Å². The molecule has 1 aromatic rings. The molecular weight excluding hydrogens is 226 g/mol. The van der Waals surface area contributed by atoms with Crippen LogP contribution < -0.4 is 9.46 Å². The van der Waals surface area contributed by atoms with Gasteiger partial charge >= 0.3 is 0 Å². The third-order valence-corrected chi connectivity index (χ3v) is 3.85. The predicted molar refractivity (Wildman–Crippen MR) is 63.3 cm³/mol. The fraction of sp³-hybridized carbons (Fsp3) is 0.455. The summed E-state index contributed by atoms with van der Waals surface area (Å²) in [6, 6.07) is 3.38. The van der Waals surface area contributed by atoms with Gasteiger partial charge in [-0.2, -0.15) is 0 Å². The van der Waals surface area contributed by atoms with Crippen molar-refractivity contribution in [3.05, 3.63) is 23.3 Å². The molecule has 0 amide bonds. The predicted octanol–water partition coefficient (Wildman–Crippen LogP) is 1.61. The van der Waals surface area contributed by atoms with Crippen LogP contribution in [0.4, 0.5) is 0 Å². The van der Waals surface area contributed by atoms with E-state index in [1.54, 1.807) is 12.1 Å². The van der Waals surface area contributed by atoms with Crippen molar-refractivity contribution >= 4 is 10.0 Å². The topological polar surface area (TPSA) is 55.4 Å². The van der Waals surface area contributed by atoms with Gasteiger partial charge in [0.25, 0.3) is 0 Å². The molecule has 0 spiro atoms. The molecule has 1 aromatic carbocycles. The zero-order valence-corrected chi connectivity index (χ0v) is 10.8. The van der Waals surface area contributed by atoms with Crippen LogP contribution in [0, 0.1) is 13.8 Å². The quantitative estimate of drug-likeness (QED) is 0.874. The minimum atomic E-state index is -3.47. The molecule has 0 fully saturated rings. The monoisotopic (exact) mass is 243 g/mol. The summed E-state index contributed by atoms with van der Waals surface area (Å²) in [4.78, 5) is 0.194. The summed E-state index contributed by atoms with van der Waals surface area (Å²) in [6.45, 7) is 6.06. The molecule has 4 nitrogen and oxygen atoms in total. The maximum absolute atomic E-state index is 11.8. The minimum absolute atomic E-state index is 0.194. The molecule has 0 aliphatic carbocycles. The molecule has 1 rings (SSSR count). The highest BCUT2D eigenvalue weighted by Gasteiger charge is 2.18. The molecule has 16 heavy (non-hydrogen) atoms. The summed E-state index contributed by atoms with van der Waals surface area (Å²) < 4.78 is 31.2. The molecule has 0 atom stereocenters. The summed E-state index contributed by atoms with van der Waals surface area (Å²) >= 11 is 0. The van der Waals surface area contributed by atoms with Gasteiger partial charge in [0.1, 0.15) is 10.6 Å². The lowest BCUT2D eigenvalue weighted by molar-refractivity contribution is 0.330. The van der Waals surface area contributed by atoms with Gasteiger partial charge in [0, 0.05) is 0 Å². The minimum Gasteiger partial charge on any atom is -0.492 e. The molecule has 0 radical (unpaired) electrons. The zero-order chi connectivity index (χ0) is 12.3. The Balaban J connectivity index is 3.42. The van der Waals surface area contributed by atoms with E-state index in [0.717, 1.165) is 11.1 Å². The van der Waals surface area contributed by atoms with Crippen LogP contribution in [0.3, 0.4) is 0 Å². The van der Waals surface area contributed by atoms with Crippen molar-refractivity contribution in [1.29, 1.82) is 0 Å². The van der Waals surface area contributed by atoms with Crippen molar-refractivity contribution in [1.82, 2.24) is 4.72 Å². The van der Waals surface area contributed by atoms with Crippen LogP contribution in [0.5, 0.6) is 5.75 Å². The third kappa shape index (κ3) is 2.54. The fourth-order valence-corrected chi connectivity index (χ4v) is 2.29. The number of sulfonamides is 1. The van der Waals surface area contributed by atoms with Crippen LogP contribution in [0.2, 0.25) is 0 Å². The van der Waals surface area contributed by atoms with Gasteiger partial charge in [-0.25, -0.2) is 13.1 Å². The number of aryl methyl sites for hydroxylation is 2. The van der Waals surface area contributed by atoms with Gasteiger partial charge in [-0.1, -0.05) is 0 Å². The summed E-state index contributed by atoms with van der Waals surface area (Å²) in [6.07, 6.45) is 0. The molecule has 5 heteroatoms. The molecule has 0 aromatic heterocycles. The van der Waals surface area contributed by atoms with Crippen molar-refractivity contribution in [2.24, 2.45) is 0 Å². The normalized spacial score (nSPS) is 11.5. The lowest BCUT2D eigenvalue weighted by Crippen LogP contribution is -2.20. The van der Waals surface area contributed by atoms with Crippen molar-refractivity contribution in [2.45, 2.75) is 25.7 Å². The number of rotatable bonds is 4. The molecule has 0 saturated carbocycles. The first-order valence-electron chi connectivity index (χ1n) is 5.10. The van der Waals surface area contributed by atoms with E-state index >= 15 is 0 Å². The first kappa shape index (κ1) is 13.0. The van der Waals surface area contributed by atoms with Gasteiger partial charge in [0.05, 0.1) is 6.61 Å². The van der Waals surface area contributed by atoms with E-state index in [4.69, 9.17) is 4.74 Å². The van der Waals surface area contributed by atoms with E-state index in [1.807, 2.05) is 20.8 Å². The molecule has 90 valence electrons. The lowest BCUT2D eigenvalue weighted by Gasteiger charge is -2.12. The van der Waals surface area contributed by atoms with E-state index in [1.165, 1.54) is 7.05 Å².